The smallest absolute Gasteiger partial charge is 0.126 e. The Bertz CT molecular complexity index is 4450. The van der Waals surface area contributed by atoms with Gasteiger partial charge in [-0.3, -0.25) is 0 Å². The van der Waals surface area contributed by atoms with Crippen LogP contribution in [0.5, 0.6) is 0 Å². The van der Waals surface area contributed by atoms with Crippen molar-refractivity contribution in [1.29, 1.82) is 5.26 Å². The standard InChI is InChI=1S/C61H35F2N5/c62-39-31-37(32-40(63)34-39)49-35-56(67-50-23-11-7-19-43(50)45-27-29-54-58(60(45)67)47-21-9-13-25-52(47)65(54)41-15-3-1-4-16-41)38(36-64)33-57(49)68-51-24-12-8-20-44(51)46-28-30-55-59(61(46)68)48-22-10-14-26-53(48)66(55)42-17-5-2-6-18-42/h1-35H. The minimum Gasteiger partial charge on any atom is -0.309 e. The summed E-state index contributed by atoms with van der Waals surface area (Å²) in [6.07, 6.45) is 0. The fraction of sp³-hybridized carbons (Fsp3) is 0. The summed E-state index contributed by atoms with van der Waals surface area (Å²) in [4.78, 5) is 0. The van der Waals surface area contributed by atoms with Crippen molar-refractivity contribution in [2.24, 2.45) is 0 Å². The predicted molar refractivity (Wildman–Crippen MR) is 274 cm³/mol. The normalized spacial score (nSPS) is 12.0. The highest BCUT2D eigenvalue weighted by molar-refractivity contribution is 6.28. The first-order valence-corrected chi connectivity index (χ1v) is 22.6. The van der Waals surface area contributed by atoms with Crippen molar-refractivity contribution in [3.63, 3.8) is 0 Å². The molecule has 14 rings (SSSR count). The zero-order chi connectivity index (χ0) is 45.2. The van der Waals surface area contributed by atoms with Crippen molar-refractivity contribution in [3.05, 3.63) is 230 Å². The van der Waals surface area contributed by atoms with Crippen molar-refractivity contribution in [1.82, 2.24) is 18.3 Å². The van der Waals surface area contributed by atoms with Gasteiger partial charge in [-0.15, -0.1) is 0 Å². The summed E-state index contributed by atoms with van der Waals surface area (Å²) in [5.74, 6) is -1.39. The Balaban J connectivity index is 1.16. The molecule has 0 spiro atoms. The first kappa shape index (κ1) is 38.1. The van der Waals surface area contributed by atoms with Crippen LogP contribution in [-0.4, -0.2) is 18.3 Å². The molecule has 0 aliphatic rings. The highest BCUT2D eigenvalue weighted by Crippen LogP contribution is 2.47. The number of aromatic nitrogens is 4. The Labute approximate surface area is 387 Å². The molecule has 0 unspecified atom stereocenters. The van der Waals surface area contributed by atoms with E-state index < -0.39 is 11.6 Å². The fourth-order valence-electron chi connectivity index (χ4n) is 11.2. The number of nitrogens with zero attached hydrogens (tertiary/aromatic N) is 5. The maximum Gasteiger partial charge on any atom is 0.126 e. The summed E-state index contributed by atoms with van der Waals surface area (Å²) in [7, 11) is 0. The van der Waals surface area contributed by atoms with Crippen LogP contribution in [0.3, 0.4) is 0 Å². The summed E-state index contributed by atoms with van der Waals surface area (Å²) >= 11 is 0. The van der Waals surface area contributed by atoms with Gasteiger partial charge in [0.25, 0.3) is 0 Å². The van der Waals surface area contributed by atoms with E-state index in [1.165, 1.54) is 12.1 Å². The Kier molecular flexibility index (Phi) is 8.05. The molecule has 0 bridgehead atoms. The molecule has 0 aliphatic heterocycles. The van der Waals surface area contributed by atoms with E-state index in [0.29, 0.717) is 28.1 Å². The van der Waals surface area contributed by atoms with E-state index in [-0.39, 0.29) is 0 Å². The second-order valence-corrected chi connectivity index (χ2v) is 17.4. The quantitative estimate of drug-likeness (QED) is 0.170. The van der Waals surface area contributed by atoms with E-state index in [1.54, 1.807) is 0 Å². The van der Waals surface area contributed by atoms with E-state index in [4.69, 9.17) is 0 Å². The molecule has 0 N–H and O–H groups in total. The molecule has 14 aromatic rings. The van der Waals surface area contributed by atoms with Gasteiger partial charge in [-0.05, 0) is 90.5 Å². The molecule has 0 aliphatic carbocycles. The molecular formula is C61H35F2N5. The molecule has 4 aromatic heterocycles. The van der Waals surface area contributed by atoms with E-state index in [2.05, 4.69) is 146 Å². The lowest BCUT2D eigenvalue weighted by atomic mass is 9.98. The third-order valence-corrected chi connectivity index (χ3v) is 13.9. The van der Waals surface area contributed by atoms with E-state index in [0.717, 1.165) is 105 Å². The van der Waals surface area contributed by atoms with Crippen LogP contribution in [0.15, 0.2) is 212 Å². The third kappa shape index (κ3) is 5.28. The van der Waals surface area contributed by atoms with Gasteiger partial charge >= 0.3 is 0 Å². The number of halogens is 2. The van der Waals surface area contributed by atoms with E-state index in [1.807, 2.05) is 72.8 Å². The molecule has 7 heteroatoms. The van der Waals surface area contributed by atoms with Gasteiger partial charge in [0.2, 0.25) is 0 Å². The average Bonchev–Trinajstić information content (AvgIpc) is 4.11. The number of para-hydroxylation sites is 6. The fourth-order valence-corrected chi connectivity index (χ4v) is 11.2. The Hall–Kier alpha value is -9.25. The van der Waals surface area contributed by atoms with Crippen LogP contribution < -0.4 is 0 Å². The average molecular weight is 876 g/mol. The van der Waals surface area contributed by atoms with Crippen LogP contribution in [0.2, 0.25) is 0 Å². The van der Waals surface area contributed by atoms with Crippen molar-refractivity contribution in [3.8, 4) is 39.9 Å². The minimum absolute atomic E-state index is 0.347. The molecule has 5 nitrogen and oxygen atoms in total. The Morgan fingerprint density at radius 1 is 0.338 bits per heavy atom. The minimum atomic E-state index is -0.695. The van der Waals surface area contributed by atoms with Crippen LogP contribution in [-0.2, 0) is 0 Å². The first-order chi connectivity index (χ1) is 33.6. The Morgan fingerprint density at radius 2 is 0.750 bits per heavy atom. The highest BCUT2D eigenvalue weighted by Gasteiger charge is 2.27. The van der Waals surface area contributed by atoms with Crippen LogP contribution in [0.4, 0.5) is 8.78 Å². The molecule has 318 valence electrons. The summed E-state index contributed by atoms with van der Waals surface area (Å²) in [6, 6.07) is 73.0. The zero-order valence-electron chi connectivity index (χ0n) is 36.2. The van der Waals surface area contributed by atoms with Gasteiger partial charge in [0.05, 0.1) is 61.1 Å². The molecule has 0 saturated heterocycles. The van der Waals surface area contributed by atoms with Crippen LogP contribution in [0.1, 0.15) is 5.56 Å². The van der Waals surface area contributed by atoms with Gasteiger partial charge in [-0.25, -0.2) is 8.78 Å². The number of nitriles is 1. The second kappa shape index (κ2) is 14.4. The molecule has 0 radical (unpaired) electrons. The molecule has 0 atom stereocenters. The van der Waals surface area contributed by atoms with Gasteiger partial charge in [-0.2, -0.15) is 5.26 Å². The van der Waals surface area contributed by atoms with Crippen LogP contribution in [0, 0.1) is 23.0 Å². The molecular weight excluding hydrogens is 841 g/mol. The van der Waals surface area contributed by atoms with Crippen LogP contribution in [0.25, 0.3) is 121 Å². The summed E-state index contributed by atoms with van der Waals surface area (Å²) in [6.45, 7) is 0. The molecule has 10 aromatic carbocycles. The molecule has 0 amide bonds. The molecule has 0 saturated carbocycles. The van der Waals surface area contributed by atoms with Crippen molar-refractivity contribution in [2.45, 2.75) is 0 Å². The lowest BCUT2D eigenvalue weighted by Gasteiger charge is -2.19. The van der Waals surface area contributed by atoms with Gasteiger partial charge in [0, 0.05) is 66.1 Å². The van der Waals surface area contributed by atoms with Crippen molar-refractivity contribution < 1.29 is 8.78 Å². The van der Waals surface area contributed by atoms with Gasteiger partial charge in [0.1, 0.15) is 17.7 Å². The van der Waals surface area contributed by atoms with Crippen molar-refractivity contribution >= 4 is 87.2 Å². The van der Waals surface area contributed by atoms with E-state index in [9.17, 15) is 5.26 Å². The second-order valence-electron chi connectivity index (χ2n) is 17.4. The van der Waals surface area contributed by atoms with Gasteiger partial charge in [-0.1, -0.05) is 121 Å². The topological polar surface area (TPSA) is 43.5 Å². The zero-order valence-corrected chi connectivity index (χ0v) is 36.2. The molecule has 68 heavy (non-hydrogen) atoms. The largest absolute Gasteiger partial charge is 0.309 e. The lowest BCUT2D eigenvalue weighted by Crippen LogP contribution is -2.04. The van der Waals surface area contributed by atoms with Crippen LogP contribution >= 0.6 is 0 Å². The Morgan fingerprint density at radius 3 is 1.22 bits per heavy atom. The van der Waals surface area contributed by atoms with Crippen molar-refractivity contribution in [2.75, 3.05) is 0 Å². The number of rotatable bonds is 5. The lowest BCUT2D eigenvalue weighted by molar-refractivity contribution is 0.584. The number of fused-ring (bicyclic) bond motifs is 14. The van der Waals surface area contributed by atoms with E-state index >= 15 is 8.78 Å². The molecule has 4 heterocycles. The molecule has 0 fully saturated rings. The number of hydrogen-bond donors (Lipinski definition) is 0. The predicted octanol–water partition coefficient (Wildman–Crippen LogP) is 15.9. The SMILES string of the molecule is N#Cc1cc(-n2c3ccccc3c3ccc4c(c5ccccc5n4-c4ccccc4)c32)c(-c2cc(F)cc(F)c2)cc1-n1c2ccccc2c2ccc3c(c4ccccc4n3-c3ccccc3)c21. The summed E-state index contributed by atoms with van der Waals surface area (Å²) < 4.78 is 40.4. The third-order valence-electron chi connectivity index (χ3n) is 13.9. The highest BCUT2D eigenvalue weighted by atomic mass is 19.1. The number of benzene rings is 10. The summed E-state index contributed by atoms with van der Waals surface area (Å²) in [5.41, 5.74) is 12.4. The number of hydrogen-bond acceptors (Lipinski definition) is 1. The summed E-state index contributed by atoms with van der Waals surface area (Å²) in [5, 5.41) is 19.8. The first-order valence-electron chi connectivity index (χ1n) is 22.6. The maximum atomic E-state index is 15.7. The van der Waals surface area contributed by atoms with Gasteiger partial charge < -0.3 is 18.3 Å². The monoisotopic (exact) mass is 875 g/mol. The van der Waals surface area contributed by atoms with Gasteiger partial charge in [0.15, 0.2) is 0 Å². The maximum absolute atomic E-state index is 15.7.